The molecular formula is C18H23BrN6O4S. The van der Waals surface area contributed by atoms with Gasteiger partial charge in [0.1, 0.15) is 6.26 Å². The number of nitrogens with two attached hydrogens (primary N) is 1. The molecule has 162 valence electrons. The van der Waals surface area contributed by atoms with E-state index >= 15 is 0 Å². The van der Waals surface area contributed by atoms with E-state index in [2.05, 4.69) is 36.4 Å². The number of nitrogen functional groups attached to an aromatic ring is 1. The first kappa shape index (κ1) is 21.1. The van der Waals surface area contributed by atoms with E-state index in [0.29, 0.717) is 49.3 Å². The highest BCUT2D eigenvalue weighted by Crippen LogP contribution is 2.29. The summed E-state index contributed by atoms with van der Waals surface area (Å²) < 4.78 is 32.7. The van der Waals surface area contributed by atoms with Crippen molar-refractivity contribution in [2.45, 2.75) is 11.7 Å². The van der Waals surface area contributed by atoms with Gasteiger partial charge in [-0.2, -0.15) is 9.29 Å². The van der Waals surface area contributed by atoms with Crippen molar-refractivity contribution >= 4 is 49.2 Å². The number of halogens is 1. The molecular weight excluding hydrogens is 476 g/mol. The fraction of sp³-hybridized carbons (Fsp3) is 0.444. The average molecular weight is 499 g/mol. The first-order valence-corrected chi connectivity index (χ1v) is 11.9. The predicted octanol–water partition coefficient (Wildman–Crippen LogP) is 1.09. The lowest BCUT2D eigenvalue weighted by Gasteiger charge is -2.36. The zero-order chi connectivity index (χ0) is 21.3. The lowest BCUT2D eigenvalue weighted by molar-refractivity contribution is 0.102. The molecule has 1 aromatic carbocycles. The second-order valence-electron chi connectivity index (χ2n) is 7.24. The third-order valence-corrected chi connectivity index (χ3v) is 8.37. The molecule has 30 heavy (non-hydrogen) atoms. The molecule has 2 aromatic rings. The number of carbonyl (C=O) groups is 1. The van der Waals surface area contributed by atoms with Crippen molar-refractivity contribution in [1.82, 2.24) is 14.6 Å². The molecule has 0 radical (unpaired) electrons. The Labute approximate surface area is 183 Å². The average Bonchev–Trinajstić information content (AvgIpc) is 3.42. The SMILES string of the molecule is Nc1nc(C(=O)Nc2cc(N3CCN(S(=O)(=O)C4CCNC4)CC3)ccc2Br)co1. The van der Waals surface area contributed by atoms with Gasteiger partial charge in [0.15, 0.2) is 5.69 Å². The van der Waals surface area contributed by atoms with Crippen LogP contribution in [0.1, 0.15) is 16.9 Å². The van der Waals surface area contributed by atoms with Crippen molar-refractivity contribution in [2.24, 2.45) is 0 Å². The Hall–Kier alpha value is -2.15. The monoisotopic (exact) mass is 498 g/mol. The number of nitrogens with one attached hydrogen (secondary N) is 2. The topological polar surface area (TPSA) is 134 Å². The Morgan fingerprint density at radius 1 is 1.30 bits per heavy atom. The minimum Gasteiger partial charge on any atom is -0.431 e. The summed E-state index contributed by atoms with van der Waals surface area (Å²) >= 11 is 3.44. The second kappa shape index (κ2) is 8.53. The van der Waals surface area contributed by atoms with Gasteiger partial charge in [-0.1, -0.05) is 0 Å². The number of nitrogens with zero attached hydrogens (tertiary/aromatic N) is 3. The van der Waals surface area contributed by atoms with Gasteiger partial charge < -0.3 is 25.7 Å². The molecule has 2 aliphatic rings. The number of oxazole rings is 1. The van der Waals surface area contributed by atoms with Gasteiger partial charge in [0.2, 0.25) is 10.0 Å². The highest BCUT2D eigenvalue weighted by molar-refractivity contribution is 9.10. The van der Waals surface area contributed by atoms with Gasteiger partial charge in [-0.05, 0) is 47.1 Å². The Kier molecular flexibility index (Phi) is 6.00. The molecule has 0 aliphatic carbocycles. The number of hydrogen-bond donors (Lipinski definition) is 3. The molecule has 2 aliphatic heterocycles. The minimum atomic E-state index is -3.27. The molecule has 12 heteroatoms. The molecule has 1 atom stereocenters. The zero-order valence-electron chi connectivity index (χ0n) is 16.2. The minimum absolute atomic E-state index is 0.0748. The molecule has 1 amide bonds. The molecule has 0 bridgehead atoms. The van der Waals surface area contributed by atoms with Crippen LogP contribution in [0.15, 0.2) is 33.4 Å². The number of anilines is 3. The molecule has 1 unspecified atom stereocenters. The molecule has 3 heterocycles. The van der Waals surface area contributed by atoms with Gasteiger partial charge >= 0.3 is 0 Å². The lowest BCUT2D eigenvalue weighted by Crippen LogP contribution is -2.51. The van der Waals surface area contributed by atoms with Crippen molar-refractivity contribution < 1.29 is 17.6 Å². The number of aromatic nitrogens is 1. The first-order valence-electron chi connectivity index (χ1n) is 9.61. The van der Waals surface area contributed by atoms with E-state index in [1.807, 2.05) is 18.2 Å². The molecule has 0 saturated carbocycles. The van der Waals surface area contributed by atoms with E-state index in [9.17, 15) is 13.2 Å². The molecule has 2 saturated heterocycles. The smallest absolute Gasteiger partial charge is 0.292 e. The molecule has 4 rings (SSSR count). The van der Waals surface area contributed by atoms with Crippen LogP contribution in [0, 0.1) is 0 Å². The third-order valence-electron chi connectivity index (χ3n) is 5.35. The van der Waals surface area contributed by atoms with Crippen LogP contribution < -0.4 is 21.3 Å². The third kappa shape index (κ3) is 4.31. The van der Waals surface area contributed by atoms with E-state index in [4.69, 9.17) is 10.2 Å². The Morgan fingerprint density at radius 3 is 2.70 bits per heavy atom. The number of benzene rings is 1. The highest BCUT2D eigenvalue weighted by atomic mass is 79.9. The van der Waals surface area contributed by atoms with Crippen LogP contribution >= 0.6 is 15.9 Å². The van der Waals surface area contributed by atoms with Crippen LogP contribution in [0.2, 0.25) is 0 Å². The van der Waals surface area contributed by atoms with Crippen molar-refractivity contribution in [1.29, 1.82) is 0 Å². The summed E-state index contributed by atoms with van der Waals surface area (Å²) in [6.07, 6.45) is 1.86. The Bertz CT molecular complexity index is 1030. The normalized spacial score (nSPS) is 20.4. The number of piperazine rings is 1. The highest BCUT2D eigenvalue weighted by Gasteiger charge is 2.35. The number of carbonyl (C=O) groups excluding carboxylic acids is 1. The van der Waals surface area contributed by atoms with Crippen LogP contribution in [0.5, 0.6) is 0 Å². The van der Waals surface area contributed by atoms with Crippen molar-refractivity contribution in [3.8, 4) is 0 Å². The molecule has 1 aromatic heterocycles. The van der Waals surface area contributed by atoms with Crippen molar-refractivity contribution in [3.05, 3.63) is 34.6 Å². The van der Waals surface area contributed by atoms with Crippen LogP contribution in [-0.4, -0.2) is 68.1 Å². The summed E-state index contributed by atoms with van der Waals surface area (Å²) in [5.41, 5.74) is 6.98. The van der Waals surface area contributed by atoms with E-state index in [1.54, 1.807) is 4.31 Å². The predicted molar refractivity (Wildman–Crippen MR) is 117 cm³/mol. The zero-order valence-corrected chi connectivity index (χ0v) is 18.6. The molecule has 0 spiro atoms. The summed E-state index contributed by atoms with van der Waals surface area (Å²) in [6.45, 7) is 3.31. The summed E-state index contributed by atoms with van der Waals surface area (Å²) in [7, 11) is -3.27. The maximum atomic E-state index is 12.8. The van der Waals surface area contributed by atoms with Gasteiger partial charge in [0, 0.05) is 42.9 Å². The van der Waals surface area contributed by atoms with E-state index < -0.39 is 15.9 Å². The maximum Gasteiger partial charge on any atom is 0.292 e. The Balaban J connectivity index is 1.43. The number of rotatable bonds is 5. The van der Waals surface area contributed by atoms with Gasteiger partial charge in [0.25, 0.3) is 11.9 Å². The number of sulfonamides is 1. The van der Waals surface area contributed by atoms with Crippen LogP contribution in [0.4, 0.5) is 17.4 Å². The van der Waals surface area contributed by atoms with E-state index in [1.165, 1.54) is 6.26 Å². The number of hydrogen-bond acceptors (Lipinski definition) is 8. The van der Waals surface area contributed by atoms with Gasteiger partial charge in [-0.25, -0.2) is 8.42 Å². The van der Waals surface area contributed by atoms with Crippen LogP contribution in [0.3, 0.4) is 0 Å². The van der Waals surface area contributed by atoms with Gasteiger partial charge in [0.05, 0.1) is 10.9 Å². The van der Waals surface area contributed by atoms with Crippen LogP contribution in [-0.2, 0) is 10.0 Å². The quantitative estimate of drug-likeness (QED) is 0.557. The van der Waals surface area contributed by atoms with E-state index in [0.717, 1.165) is 12.2 Å². The first-order chi connectivity index (χ1) is 14.3. The summed E-state index contributed by atoms with van der Waals surface area (Å²) in [5.74, 6) is -0.436. The molecule has 2 fully saturated rings. The number of amides is 1. The molecule has 4 N–H and O–H groups in total. The fourth-order valence-electron chi connectivity index (χ4n) is 3.68. The van der Waals surface area contributed by atoms with Crippen LogP contribution in [0.25, 0.3) is 0 Å². The van der Waals surface area contributed by atoms with Crippen molar-refractivity contribution in [2.75, 3.05) is 55.2 Å². The fourth-order valence-corrected chi connectivity index (χ4v) is 5.86. The van der Waals surface area contributed by atoms with Gasteiger partial charge in [-0.3, -0.25) is 4.79 Å². The van der Waals surface area contributed by atoms with Gasteiger partial charge in [-0.15, -0.1) is 0 Å². The maximum absolute atomic E-state index is 12.8. The molecule has 10 nitrogen and oxygen atoms in total. The standard InChI is InChI=1S/C18H23BrN6O4S/c19-14-2-1-12(9-15(14)22-17(26)16-11-29-18(20)23-16)24-5-7-25(8-6-24)30(27,28)13-3-4-21-10-13/h1-2,9,11,13,21H,3-8,10H2,(H2,20,23)(H,22,26). The Morgan fingerprint density at radius 2 is 2.07 bits per heavy atom. The van der Waals surface area contributed by atoms with Crippen molar-refractivity contribution in [3.63, 3.8) is 0 Å². The summed E-state index contributed by atoms with van der Waals surface area (Å²) in [5, 5.41) is 5.58. The largest absolute Gasteiger partial charge is 0.431 e. The van der Waals surface area contributed by atoms with E-state index in [-0.39, 0.29) is 17.0 Å². The lowest BCUT2D eigenvalue weighted by atomic mass is 10.2. The summed E-state index contributed by atoms with van der Waals surface area (Å²) in [4.78, 5) is 18.3. The summed E-state index contributed by atoms with van der Waals surface area (Å²) in [6, 6.07) is 5.54. The second-order valence-corrected chi connectivity index (χ2v) is 10.3.